The van der Waals surface area contributed by atoms with Gasteiger partial charge in [-0.05, 0) is 19.4 Å². The van der Waals surface area contributed by atoms with Crippen molar-refractivity contribution in [3.8, 4) is 0 Å². The Bertz CT molecular complexity index is 202. The number of carbonyl (C=O) groups excluding carboxylic acids is 1. The minimum Gasteiger partial charge on any atom is -0.431 e. The average Bonchev–Trinajstić information content (AvgIpc) is 2.16. The van der Waals surface area contributed by atoms with E-state index in [4.69, 9.17) is 4.74 Å². The fourth-order valence-electron chi connectivity index (χ4n) is 0.812. The van der Waals surface area contributed by atoms with Gasteiger partial charge in [0.25, 0.3) is 0 Å². The van der Waals surface area contributed by atoms with E-state index in [-0.39, 0.29) is 5.97 Å². The summed E-state index contributed by atoms with van der Waals surface area (Å²) in [6, 6.07) is 0. The summed E-state index contributed by atoms with van der Waals surface area (Å²) in [4.78, 5) is 10.9. The molecule has 0 aliphatic rings. The van der Waals surface area contributed by atoms with Crippen LogP contribution in [0.2, 0.25) is 0 Å². The van der Waals surface area contributed by atoms with Crippen LogP contribution in [0, 0.1) is 0 Å². The fraction of sp³-hybridized carbons (Fsp3) is 0.545. The second-order valence-electron chi connectivity index (χ2n) is 2.66. The number of ether oxygens (including phenoxy) is 1. The SMILES string of the molecule is C/C=C/C/C=C(\CC)OC(=O)CC. The Balaban J connectivity index is 4.00. The van der Waals surface area contributed by atoms with Crippen LogP contribution < -0.4 is 0 Å². The molecule has 0 saturated heterocycles. The standard InChI is InChI=1S/C11H18O2/c1-4-7-8-9-10(5-2)13-11(12)6-3/h4,7,9H,5-6,8H2,1-3H3/b7-4+,10-9+. The number of carbonyl (C=O) groups is 1. The maximum Gasteiger partial charge on any atom is 0.310 e. The molecule has 74 valence electrons. The van der Waals surface area contributed by atoms with E-state index < -0.39 is 0 Å². The molecular formula is C11H18O2. The van der Waals surface area contributed by atoms with Crippen molar-refractivity contribution in [2.75, 3.05) is 0 Å². The lowest BCUT2D eigenvalue weighted by Crippen LogP contribution is -2.01. The minimum absolute atomic E-state index is 0.159. The molecule has 0 rings (SSSR count). The van der Waals surface area contributed by atoms with Gasteiger partial charge in [-0.25, -0.2) is 0 Å². The van der Waals surface area contributed by atoms with Gasteiger partial charge in [0.1, 0.15) is 5.76 Å². The molecule has 0 aromatic carbocycles. The molecule has 0 aliphatic heterocycles. The molecule has 0 amide bonds. The highest BCUT2D eigenvalue weighted by Crippen LogP contribution is 2.06. The molecule has 0 aliphatic carbocycles. The summed E-state index contributed by atoms with van der Waals surface area (Å²) in [5.74, 6) is 0.610. The first-order chi connectivity index (χ1) is 6.24. The molecule has 0 radical (unpaired) electrons. The minimum atomic E-state index is -0.159. The summed E-state index contributed by atoms with van der Waals surface area (Å²) >= 11 is 0. The van der Waals surface area contributed by atoms with Gasteiger partial charge in [-0.15, -0.1) is 0 Å². The molecule has 0 unspecified atom stereocenters. The molecule has 0 aromatic heterocycles. The largest absolute Gasteiger partial charge is 0.431 e. The summed E-state index contributed by atoms with van der Waals surface area (Å²) in [5.41, 5.74) is 0. The Labute approximate surface area is 80.3 Å². The predicted molar refractivity (Wildman–Crippen MR) is 54.2 cm³/mol. The van der Waals surface area contributed by atoms with Crippen LogP contribution >= 0.6 is 0 Å². The van der Waals surface area contributed by atoms with Crippen molar-refractivity contribution >= 4 is 5.97 Å². The quantitative estimate of drug-likeness (QED) is 0.371. The number of hydrogen-bond acceptors (Lipinski definition) is 2. The van der Waals surface area contributed by atoms with Gasteiger partial charge < -0.3 is 4.74 Å². The van der Waals surface area contributed by atoms with E-state index in [1.165, 1.54) is 0 Å². The third-order valence-electron chi connectivity index (χ3n) is 1.60. The highest BCUT2D eigenvalue weighted by molar-refractivity contribution is 5.70. The first kappa shape index (κ1) is 11.9. The zero-order chi connectivity index (χ0) is 10.1. The Kier molecular flexibility index (Phi) is 6.98. The van der Waals surface area contributed by atoms with Crippen molar-refractivity contribution in [1.29, 1.82) is 0 Å². The van der Waals surface area contributed by atoms with Crippen molar-refractivity contribution in [2.45, 2.75) is 40.0 Å². The van der Waals surface area contributed by atoms with Crippen molar-refractivity contribution in [2.24, 2.45) is 0 Å². The van der Waals surface area contributed by atoms with Gasteiger partial charge in [0.2, 0.25) is 0 Å². The van der Waals surface area contributed by atoms with Crippen LogP contribution in [0.5, 0.6) is 0 Å². The van der Waals surface area contributed by atoms with Crippen LogP contribution in [-0.4, -0.2) is 5.97 Å². The van der Waals surface area contributed by atoms with Gasteiger partial charge in [-0.1, -0.05) is 26.0 Å². The number of allylic oxidation sites excluding steroid dienone is 4. The fourth-order valence-corrected chi connectivity index (χ4v) is 0.812. The third kappa shape index (κ3) is 6.14. The smallest absolute Gasteiger partial charge is 0.310 e. The van der Waals surface area contributed by atoms with Crippen molar-refractivity contribution in [3.05, 3.63) is 24.0 Å². The zero-order valence-electron chi connectivity index (χ0n) is 8.67. The lowest BCUT2D eigenvalue weighted by atomic mass is 10.3. The molecule has 2 heteroatoms. The highest BCUT2D eigenvalue weighted by Gasteiger charge is 2.01. The normalized spacial score (nSPS) is 12.1. The second-order valence-corrected chi connectivity index (χ2v) is 2.66. The summed E-state index contributed by atoms with van der Waals surface area (Å²) < 4.78 is 5.08. The number of hydrogen-bond donors (Lipinski definition) is 0. The van der Waals surface area contributed by atoms with Crippen LogP contribution in [0.1, 0.15) is 40.0 Å². The highest BCUT2D eigenvalue weighted by atomic mass is 16.5. The number of rotatable bonds is 5. The molecule has 0 atom stereocenters. The van der Waals surface area contributed by atoms with Crippen molar-refractivity contribution in [1.82, 2.24) is 0 Å². The Morgan fingerprint density at radius 3 is 2.46 bits per heavy atom. The molecule has 0 heterocycles. The predicted octanol–water partition coefficient (Wildman–Crippen LogP) is 3.20. The van der Waals surface area contributed by atoms with E-state index in [1.807, 2.05) is 32.1 Å². The Morgan fingerprint density at radius 1 is 1.31 bits per heavy atom. The molecule has 13 heavy (non-hydrogen) atoms. The van der Waals surface area contributed by atoms with E-state index in [1.54, 1.807) is 6.92 Å². The summed E-state index contributed by atoms with van der Waals surface area (Å²) in [5, 5.41) is 0. The van der Waals surface area contributed by atoms with Crippen molar-refractivity contribution < 1.29 is 9.53 Å². The topological polar surface area (TPSA) is 26.3 Å². The first-order valence-electron chi connectivity index (χ1n) is 4.75. The lowest BCUT2D eigenvalue weighted by molar-refractivity contribution is -0.139. The van der Waals surface area contributed by atoms with Crippen LogP contribution in [0.3, 0.4) is 0 Å². The van der Waals surface area contributed by atoms with E-state index in [0.29, 0.717) is 6.42 Å². The summed E-state index contributed by atoms with van der Waals surface area (Å²) in [7, 11) is 0. The van der Waals surface area contributed by atoms with Crippen LogP contribution in [0.25, 0.3) is 0 Å². The van der Waals surface area contributed by atoms with Gasteiger partial charge in [-0.3, -0.25) is 4.79 Å². The maximum absolute atomic E-state index is 10.9. The van der Waals surface area contributed by atoms with E-state index >= 15 is 0 Å². The van der Waals surface area contributed by atoms with E-state index in [2.05, 4.69) is 0 Å². The average molecular weight is 182 g/mol. The van der Waals surface area contributed by atoms with Gasteiger partial charge in [0.05, 0.1) is 0 Å². The van der Waals surface area contributed by atoms with Gasteiger partial charge in [-0.2, -0.15) is 0 Å². The summed E-state index contributed by atoms with van der Waals surface area (Å²) in [6.07, 6.45) is 7.97. The second kappa shape index (κ2) is 7.59. The Hall–Kier alpha value is -1.05. The first-order valence-corrected chi connectivity index (χ1v) is 4.75. The molecule has 0 N–H and O–H groups in total. The zero-order valence-corrected chi connectivity index (χ0v) is 8.67. The maximum atomic E-state index is 10.9. The molecule has 0 bridgehead atoms. The van der Waals surface area contributed by atoms with Crippen LogP contribution in [-0.2, 0) is 9.53 Å². The monoisotopic (exact) mass is 182 g/mol. The molecular weight excluding hydrogens is 164 g/mol. The van der Waals surface area contributed by atoms with Gasteiger partial charge in [0.15, 0.2) is 0 Å². The van der Waals surface area contributed by atoms with Gasteiger partial charge in [0, 0.05) is 12.8 Å². The molecule has 0 fully saturated rings. The van der Waals surface area contributed by atoms with Crippen LogP contribution in [0.15, 0.2) is 24.0 Å². The lowest BCUT2D eigenvalue weighted by Gasteiger charge is -2.04. The third-order valence-corrected chi connectivity index (χ3v) is 1.60. The van der Waals surface area contributed by atoms with E-state index in [9.17, 15) is 4.79 Å². The molecule has 0 saturated carbocycles. The van der Waals surface area contributed by atoms with Crippen LogP contribution in [0.4, 0.5) is 0 Å². The van der Waals surface area contributed by atoms with Gasteiger partial charge >= 0.3 is 5.97 Å². The van der Waals surface area contributed by atoms with E-state index in [0.717, 1.165) is 18.6 Å². The van der Waals surface area contributed by atoms with Crippen molar-refractivity contribution in [3.63, 3.8) is 0 Å². The Morgan fingerprint density at radius 2 is 2.00 bits per heavy atom. The summed E-state index contributed by atoms with van der Waals surface area (Å²) in [6.45, 7) is 5.74. The molecule has 2 nitrogen and oxygen atoms in total. The number of esters is 1. The molecule has 0 spiro atoms. The molecule has 0 aromatic rings.